The Kier molecular flexibility index (Phi) is 5.20. The van der Waals surface area contributed by atoms with Gasteiger partial charge in [-0.1, -0.05) is 35.9 Å². The predicted molar refractivity (Wildman–Crippen MR) is 117 cm³/mol. The van der Waals surface area contributed by atoms with Crippen LogP contribution in [0.2, 0.25) is 0 Å². The minimum absolute atomic E-state index is 0.0390. The van der Waals surface area contributed by atoms with Crippen LogP contribution in [0, 0.1) is 20.8 Å². The second kappa shape index (κ2) is 7.79. The zero-order valence-electron chi connectivity index (χ0n) is 16.7. The van der Waals surface area contributed by atoms with E-state index >= 15 is 0 Å². The third kappa shape index (κ3) is 3.93. The Labute approximate surface area is 174 Å². The zero-order valence-corrected chi connectivity index (χ0v) is 17.5. The molecule has 2 N–H and O–H groups in total. The Balaban J connectivity index is 1.49. The van der Waals surface area contributed by atoms with Crippen molar-refractivity contribution in [2.45, 2.75) is 39.5 Å². The van der Waals surface area contributed by atoms with Gasteiger partial charge in [0.2, 0.25) is 5.91 Å². The highest BCUT2D eigenvalue weighted by Gasteiger charge is 2.33. The van der Waals surface area contributed by atoms with Crippen LogP contribution in [0.25, 0.3) is 0 Å². The van der Waals surface area contributed by atoms with Gasteiger partial charge < -0.3 is 5.32 Å². The molecule has 1 unspecified atom stereocenters. The summed E-state index contributed by atoms with van der Waals surface area (Å²) in [6.45, 7) is 5.96. The van der Waals surface area contributed by atoms with E-state index in [1.807, 2.05) is 51.1 Å². The molecule has 0 spiro atoms. The number of hydrogen-bond donors (Lipinski definition) is 2. The molecule has 0 saturated heterocycles. The number of nitrogens with zero attached hydrogens (tertiary/aromatic N) is 1. The Bertz CT molecular complexity index is 1070. The molecule has 1 atom stereocenters. The van der Waals surface area contributed by atoms with Crippen molar-refractivity contribution in [1.29, 1.82) is 0 Å². The van der Waals surface area contributed by atoms with Gasteiger partial charge in [0.25, 0.3) is 5.91 Å². The second-order valence-corrected chi connectivity index (χ2v) is 8.58. The normalized spacial score (nSPS) is 15.1. The Morgan fingerprint density at radius 1 is 1.00 bits per heavy atom. The minimum atomic E-state index is -0.287. The highest BCUT2D eigenvalue weighted by atomic mass is 32.1. The number of nitrogens with one attached hydrogen (secondary N) is 2. The van der Waals surface area contributed by atoms with Gasteiger partial charge in [-0.25, -0.2) is 4.98 Å². The molecule has 148 valence electrons. The van der Waals surface area contributed by atoms with E-state index in [2.05, 4.69) is 15.6 Å². The van der Waals surface area contributed by atoms with Crippen molar-refractivity contribution in [3.8, 4) is 0 Å². The summed E-state index contributed by atoms with van der Waals surface area (Å²) in [6.07, 6.45) is 1.55. The maximum Gasteiger partial charge on any atom is 0.257 e. The standard InChI is InChI=1S/C23H23N3O2S/c1-13-7-9-16(10-8-13)21(27)26-23-25-20-17(11-12-18(20)29-23)22(28)24-19-14(2)5-4-6-15(19)3/h4-10,17H,11-12H2,1-3H3,(H,24,28)(H,25,26,27). The molecule has 6 heteroatoms. The predicted octanol–water partition coefficient (Wildman–Crippen LogP) is 4.99. The average molecular weight is 406 g/mol. The summed E-state index contributed by atoms with van der Waals surface area (Å²) in [4.78, 5) is 31.1. The van der Waals surface area contributed by atoms with Crippen LogP contribution >= 0.6 is 11.3 Å². The van der Waals surface area contributed by atoms with Gasteiger partial charge >= 0.3 is 0 Å². The number of para-hydroxylation sites is 1. The van der Waals surface area contributed by atoms with Crippen LogP contribution < -0.4 is 10.6 Å². The summed E-state index contributed by atoms with van der Waals surface area (Å²) in [7, 11) is 0. The first-order valence-electron chi connectivity index (χ1n) is 9.67. The van der Waals surface area contributed by atoms with E-state index in [0.29, 0.717) is 10.7 Å². The summed E-state index contributed by atoms with van der Waals surface area (Å²) in [5, 5.41) is 6.50. The van der Waals surface area contributed by atoms with Crippen molar-refractivity contribution < 1.29 is 9.59 Å². The monoisotopic (exact) mass is 405 g/mol. The molecule has 1 aromatic heterocycles. The Morgan fingerprint density at radius 3 is 2.38 bits per heavy atom. The van der Waals surface area contributed by atoms with Crippen LogP contribution in [0.1, 0.15) is 50.0 Å². The number of anilines is 2. The second-order valence-electron chi connectivity index (χ2n) is 7.49. The van der Waals surface area contributed by atoms with Gasteiger partial charge in [-0.3, -0.25) is 14.9 Å². The molecule has 29 heavy (non-hydrogen) atoms. The first kappa shape index (κ1) is 19.3. The molecular weight excluding hydrogens is 382 g/mol. The highest BCUT2D eigenvalue weighted by molar-refractivity contribution is 7.16. The quantitative estimate of drug-likeness (QED) is 0.642. The number of fused-ring (bicyclic) bond motifs is 1. The maximum absolute atomic E-state index is 12.9. The molecule has 0 bridgehead atoms. The van der Waals surface area contributed by atoms with Gasteiger partial charge in [-0.05, 0) is 56.9 Å². The lowest BCUT2D eigenvalue weighted by Gasteiger charge is -2.14. The van der Waals surface area contributed by atoms with Crippen molar-refractivity contribution in [2.24, 2.45) is 0 Å². The molecule has 0 aliphatic heterocycles. The van der Waals surface area contributed by atoms with Crippen molar-refractivity contribution >= 4 is 34.0 Å². The van der Waals surface area contributed by atoms with Gasteiger partial charge in [0.1, 0.15) is 0 Å². The lowest BCUT2D eigenvalue weighted by Crippen LogP contribution is -2.21. The summed E-state index contributed by atoms with van der Waals surface area (Å²) >= 11 is 1.46. The SMILES string of the molecule is Cc1ccc(C(=O)Nc2nc3c(s2)CCC3C(=O)Nc2c(C)cccc2C)cc1. The summed E-state index contributed by atoms with van der Waals surface area (Å²) in [6, 6.07) is 13.4. The molecule has 1 aliphatic carbocycles. The number of aryl methyl sites for hydroxylation is 4. The molecule has 2 aromatic carbocycles. The Hall–Kier alpha value is -2.99. The summed E-state index contributed by atoms with van der Waals surface area (Å²) in [5.41, 5.74) is 5.44. The van der Waals surface area contributed by atoms with Gasteiger partial charge in [0.05, 0.1) is 11.6 Å². The lowest BCUT2D eigenvalue weighted by atomic mass is 10.0. The van der Waals surface area contributed by atoms with Gasteiger partial charge in [0.15, 0.2) is 5.13 Å². The van der Waals surface area contributed by atoms with Gasteiger partial charge in [-0.15, -0.1) is 11.3 Å². The number of aromatic nitrogens is 1. The molecule has 0 saturated carbocycles. The molecule has 5 nitrogen and oxygen atoms in total. The maximum atomic E-state index is 12.9. The molecule has 0 radical (unpaired) electrons. The third-order valence-electron chi connectivity index (χ3n) is 5.30. The Morgan fingerprint density at radius 2 is 1.69 bits per heavy atom. The van der Waals surface area contributed by atoms with Crippen molar-refractivity contribution in [2.75, 3.05) is 10.6 Å². The zero-order chi connectivity index (χ0) is 20.5. The van der Waals surface area contributed by atoms with E-state index < -0.39 is 0 Å². The van der Waals surface area contributed by atoms with Crippen LogP contribution in [0.3, 0.4) is 0 Å². The number of carbonyl (C=O) groups excluding carboxylic acids is 2. The molecule has 1 heterocycles. The summed E-state index contributed by atoms with van der Waals surface area (Å²) < 4.78 is 0. The molecule has 3 aromatic rings. The van der Waals surface area contributed by atoms with Crippen LogP contribution in [-0.2, 0) is 11.2 Å². The number of thiazole rings is 1. The fourth-order valence-corrected chi connectivity index (χ4v) is 4.67. The largest absolute Gasteiger partial charge is 0.325 e. The van der Waals surface area contributed by atoms with Gasteiger partial charge in [-0.2, -0.15) is 0 Å². The smallest absolute Gasteiger partial charge is 0.257 e. The molecule has 2 amide bonds. The average Bonchev–Trinajstić information content (AvgIpc) is 3.25. The first-order chi connectivity index (χ1) is 13.9. The minimum Gasteiger partial charge on any atom is -0.325 e. The fourth-order valence-electron chi connectivity index (χ4n) is 3.63. The number of amides is 2. The lowest BCUT2D eigenvalue weighted by molar-refractivity contribution is -0.117. The van der Waals surface area contributed by atoms with Crippen LogP contribution in [0.4, 0.5) is 10.8 Å². The van der Waals surface area contributed by atoms with E-state index in [9.17, 15) is 9.59 Å². The van der Waals surface area contributed by atoms with E-state index in [1.54, 1.807) is 12.1 Å². The fraction of sp³-hybridized carbons (Fsp3) is 0.261. The number of hydrogen-bond acceptors (Lipinski definition) is 4. The number of carbonyl (C=O) groups is 2. The van der Waals surface area contributed by atoms with Gasteiger partial charge in [0, 0.05) is 16.1 Å². The third-order valence-corrected chi connectivity index (χ3v) is 6.34. The number of benzene rings is 2. The van der Waals surface area contributed by atoms with E-state index in [1.165, 1.54) is 11.3 Å². The molecule has 4 rings (SSSR count). The molecular formula is C23H23N3O2S. The topological polar surface area (TPSA) is 71.1 Å². The first-order valence-corrected chi connectivity index (χ1v) is 10.5. The van der Waals surface area contributed by atoms with Crippen LogP contribution in [0.15, 0.2) is 42.5 Å². The van der Waals surface area contributed by atoms with Crippen molar-refractivity contribution in [1.82, 2.24) is 4.98 Å². The number of rotatable bonds is 4. The van der Waals surface area contributed by atoms with Crippen molar-refractivity contribution in [3.05, 3.63) is 75.3 Å². The van der Waals surface area contributed by atoms with E-state index in [4.69, 9.17) is 0 Å². The van der Waals surface area contributed by atoms with Crippen LogP contribution in [0.5, 0.6) is 0 Å². The van der Waals surface area contributed by atoms with Crippen LogP contribution in [-0.4, -0.2) is 16.8 Å². The molecule has 0 fully saturated rings. The highest BCUT2D eigenvalue weighted by Crippen LogP contribution is 2.39. The van der Waals surface area contributed by atoms with E-state index in [0.717, 1.165) is 45.8 Å². The molecule has 1 aliphatic rings. The van der Waals surface area contributed by atoms with E-state index in [-0.39, 0.29) is 17.7 Å². The van der Waals surface area contributed by atoms with Crippen molar-refractivity contribution in [3.63, 3.8) is 0 Å². The summed E-state index contributed by atoms with van der Waals surface area (Å²) in [5.74, 6) is -0.512.